The molecule has 2 aromatic heterocycles. The minimum atomic E-state index is -0.655. The zero-order valence-corrected chi connectivity index (χ0v) is 28.9. The van der Waals surface area contributed by atoms with Crippen LogP contribution < -0.4 is 15.4 Å². The zero-order valence-electron chi connectivity index (χ0n) is 28.2. The maximum absolute atomic E-state index is 15.1. The van der Waals surface area contributed by atoms with Crippen molar-refractivity contribution in [3.63, 3.8) is 0 Å². The van der Waals surface area contributed by atoms with E-state index >= 15 is 4.39 Å². The third-order valence-electron chi connectivity index (χ3n) is 9.73. The van der Waals surface area contributed by atoms with Crippen LogP contribution in [0.1, 0.15) is 75.9 Å². The van der Waals surface area contributed by atoms with E-state index in [2.05, 4.69) is 19.9 Å². The van der Waals surface area contributed by atoms with Crippen molar-refractivity contribution in [3.8, 4) is 6.01 Å². The van der Waals surface area contributed by atoms with Gasteiger partial charge in [-0.05, 0) is 63.3 Å². The summed E-state index contributed by atoms with van der Waals surface area (Å²) in [5.74, 6) is -0.0115. The molecule has 2 atom stereocenters. The number of rotatable bonds is 4. The molecule has 11 nitrogen and oxygen atoms in total. The summed E-state index contributed by atoms with van der Waals surface area (Å²) in [6, 6.07) is 2.42. The second-order valence-electron chi connectivity index (χ2n) is 13.1. The number of amides is 1. The fraction of sp³-hybridized carbons (Fsp3) is 0.529. The third-order valence-corrected chi connectivity index (χ3v) is 10.2. The largest absolute Gasteiger partial charge is 0.467 e. The molecular formula is C34H43ClF2N8O3. The van der Waals surface area contributed by atoms with Crippen LogP contribution in [-0.2, 0) is 30.9 Å². The molecule has 7 rings (SSSR count). The number of aryl methyl sites for hydroxylation is 2. The maximum atomic E-state index is 15.1. The first-order valence-electron chi connectivity index (χ1n) is 16.3. The van der Waals surface area contributed by atoms with Gasteiger partial charge in [0.05, 0.1) is 54.8 Å². The minimum absolute atomic E-state index is 0.0286. The van der Waals surface area contributed by atoms with E-state index < -0.39 is 11.9 Å². The standard InChI is InChI=1S/C26H31ClFN7O3.C8H12FN/c1-13-9-16(29)22(28)20(21(13)27)19-10-17-15(12-38-19)24(31-26(30-17)37-5)34-7-6-8-35-18(11-34)14(2)23(32-35)25(36)33(3)4;9-5-7-4-8-2-1-3-10(8)6-7/h9,19H,6-8,10-12,29H2,1-5H3;5,8H,1-4,6H2/b;7-5-. The van der Waals surface area contributed by atoms with Crippen LogP contribution in [0.15, 0.2) is 18.0 Å². The molecule has 48 heavy (non-hydrogen) atoms. The SMILES string of the molecule is COc1nc2c(c(N3CCCn4nc(C(=O)N(C)C)c(C)c4C3)n1)COC(c1c(F)c(N)cc(C)c1Cl)C2.F/C=C1/CC2CCCN2C1. The number of fused-ring (bicyclic) bond motifs is 3. The summed E-state index contributed by atoms with van der Waals surface area (Å²) in [5, 5.41) is 4.91. The van der Waals surface area contributed by atoms with Gasteiger partial charge in [0.2, 0.25) is 0 Å². The second kappa shape index (κ2) is 14.0. The number of nitrogens with zero attached hydrogens (tertiary/aromatic N) is 7. The lowest BCUT2D eigenvalue weighted by molar-refractivity contribution is 0.0236. The van der Waals surface area contributed by atoms with Crippen LogP contribution >= 0.6 is 11.6 Å². The highest BCUT2D eigenvalue weighted by Crippen LogP contribution is 2.41. The monoisotopic (exact) mass is 684 g/mol. The summed E-state index contributed by atoms with van der Waals surface area (Å²) in [7, 11) is 4.95. The predicted molar refractivity (Wildman–Crippen MR) is 179 cm³/mol. The lowest BCUT2D eigenvalue weighted by Crippen LogP contribution is -2.29. The Labute approximate surface area is 284 Å². The van der Waals surface area contributed by atoms with E-state index in [1.165, 1.54) is 37.5 Å². The van der Waals surface area contributed by atoms with Crippen molar-refractivity contribution in [1.29, 1.82) is 0 Å². The van der Waals surface area contributed by atoms with Gasteiger partial charge in [-0.2, -0.15) is 15.1 Å². The Morgan fingerprint density at radius 1 is 1.17 bits per heavy atom. The average Bonchev–Trinajstić information content (AvgIpc) is 3.72. The summed E-state index contributed by atoms with van der Waals surface area (Å²) in [6.45, 7) is 7.85. The first-order valence-corrected chi connectivity index (χ1v) is 16.7. The Kier molecular flexibility index (Phi) is 9.91. The van der Waals surface area contributed by atoms with Crippen LogP contribution in [0.3, 0.4) is 0 Å². The van der Waals surface area contributed by atoms with Crippen LogP contribution in [0.25, 0.3) is 0 Å². The smallest absolute Gasteiger partial charge is 0.318 e. The zero-order chi connectivity index (χ0) is 34.3. The van der Waals surface area contributed by atoms with Gasteiger partial charge in [-0.15, -0.1) is 0 Å². The summed E-state index contributed by atoms with van der Waals surface area (Å²) < 4.78 is 40.6. The topological polar surface area (TPSA) is 115 Å². The molecule has 1 amide bonds. The molecule has 4 aliphatic rings. The Balaban J connectivity index is 0.000000340. The van der Waals surface area contributed by atoms with Gasteiger partial charge in [0.25, 0.3) is 5.91 Å². The number of ether oxygens (including phenoxy) is 2. The number of carbonyl (C=O) groups is 1. The second-order valence-corrected chi connectivity index (χ2v) is 13.5. The van der Waals surface area contributed by atoms with E-state index in [1.54, 1.807) is 21.0 Å². The Morgan fingerprint density at radius 2 is 1.96 bits per heavy atom. The van der Waals surface area contributed by atoms with Crippen molar-refractivity contribution in [1.82, 2.24) is 29.5 Å². The van der Waals surface area contributed by atoms with Crippen LogP contribution in [-0.4, -0.2) is 82.3 Å². The molecular weight excluding hydrogens is 642 g/mol. The number of hydrogen-bond acceptors (Lipinski definition) is 9. The van der Waals surface area contributed by atoms with Crippen molar-refractivity contribution in [2.24, 2.45) is 0 Å². The number of anilines is 2. The van der Waals surface area contributed by atoms with Gasteiger partial charge < -0.3 is 25.0 Å². The van der Waals surface area contributed by atoms with Gasteiger partial charge >= 0.3 is 6.01 Å². The van der Waals surface area contributed by atoms with Crippen molar-refractivity contribution in [2.75, 3.05) is 51.5 Å². The molecule has 2 unspecified atom stereocenters. The van der Waals surface area contributed by atoms with Gasteiger partial charge in [0, 0.05) is 62.9 Å². The molecule has 0 saturated carbocycles. The first kappa shape index (κ1) is 34.1. The van der Waals surface area contributed by atoms with Crippen LogP contribution in [0.5, 0.6) is 6.01 Å². The summed E-state index contributed by atoms with van der Waals surface area (Å²) in [6.07, 6.45) is 4.79. The van der Waals surface area contributed by atoms with Crippen LogP contribution in [0, 0.1) is 19.7 Å². The van der Waals surface area contributed by atoms with Crippen molar-refractivity contribution < 1.29 is 23.0 Å². The Hall–Kier alpha value is -3.81. The highest BCUT2D eigenvalue weighted by molar-refractivity contribution is 6.32. The number of nitrogen functional groups attached to an aromatic ring is 1. The molecule has 4 aliphatic heterocycles. The highest BCUT2D eigenvalue weighted by atomic mass is 35.5. The molecule has 0 aliphatic carbocycles. The van der Waals surface area contributed by atoms with E-state index in [4.69, 9.17) is 31.8 Å². The van der Waals surface area contributed by atoms with Gasteiger partial charge in [-0.3, -0.25) is 14.4 Å². The van der Waals surface area contributed by atoms with Crippen LogP contribution in [0.2, 0.25) is 5.02 Å². The number of carbonyl (C=O) groups excluding carboxylic acids is 1. The van der Waals surface area contributed by atoms with E-state index in [9.17, 15) is 9.18 Å². The fourth-order valence-electron chi connectivity index (χ4n) is 7.16. The minimum Gasteiger partial charge on any atom is -0.467 e. The van der Waals surface area contributed by atoms with Crippen molar-refractivity contribution >= 4 is 29.0 Å². The molecule has 1 aromatic carbocycles. The average molecular weight is 685 g/mol. The van der Waals surface area contributed by atoms with Crippen molar-refractivity contribution in [2.45, 2.75) is 77.8 Å². The molecule has 14 heteroatoms. The molecule has 3 aromatic rings. The summed E-state index contributed by atoms with van der Waals surface area (Å²) >= 11 is 6.49. The van der Waals surface area contributed by atoms with Gasteiger partial charge in [0.15, 0.2) is 11.5 Å². The number of halogens is 3. The summed E-state index contributed by atoms with van der Waals surface area (Å²) in [5.41, 5.74) is 11.6. The molecule has 258 valence electrons. The maximum Gasteiger partial charge on any atom is 0.318 e. The Morgan fingerprint density at radius 3 is 2.67 bits per heavy atom. The van der Waals surface area contributed by atoms with Gasteiger partial charge in [0.1, 0.15) is 5.82 Å². The predicted octanol–water partition coefficient (Wildman–Crippen LogP) is 5.31. The van der Waals surface area contributed by atoms with E-state index in [1.807, 2.05) is 11.6 Å². The molecule has 0 radical (unpaired) electrons. The number of methoxy groups -OCH3 is 1. The lowest BCUT2D eigenvalue weighted by Gasteiger charge is -2.31. The van der Waals surface area contributed by atoms with E-state index in [0.717, 1.165) is 48.1 Å². The van der Waals surface area contributed by atoms with E-state index in [-0.39, 0.29) is 36.2 Å². The molecule has 0 spiro atoms. The first-order chi connectivity index (χ1) is 23.0. The normalized spacial score (nSPS) is 21.2. The number of benzene rings is 1. The third kappa shape index (κ3) is 6.47. The van der Waals surface area contributed by atoms with Gasteiger partial charge in [-0.1, -0.05) is 11.6 Å². The quantitative estimate of drug-likeness (QED) is 0.366. The Bertz CT molecular complexity index is 1710. The number of hydrogen-bond donors (Lipinski definition) is 1. The van der Waals surface area contributed by atoms with Crippen LogP contribution in [0.4, 0.5) is 20.3 Å². The number of nitrogens with two attached hydrogens (primary N) is 1. The molecule has 2 saturated heterocycles. The number of aromatic nitrogens is 4. The van der Waals surface area contributed by atoms with Crippen molar-refractivity contribution in [3.05, 3.63) is 68.1 Å². The molecule has 0 bridgehead atoms. The lowest BCUT2D eigenvalue weighted by atomic mass is 9.96. The molecule has 2 N–H and O–H groups in total. The summed E-state index contributed by atoms with van der Waals surface area (Å²) in [4.78, 5) is 28.0. The fourth-order valence-corrected chi connectivity index (χ4v) is 7.41. The highest BCUT2D eigenvalue weighted by Gasteiger charge is 2.34. The molecule has 2 fully saturated rings. The van der Waals surface area contributed by atoms with E-state index in [0.29, 0.717) is 53.5 Å². The molecule has 6 heterocycles. The van der Waals surface area contributed by atoms with Gasteiger partial charge in [-0.25, -0.2) is 8.78 Å².